The molecule has 488 valence electrons. The zero-order valence-corrected chi connectivity index (χ0v) is 54.9. The highest BCUT2D eigenvalue weighted by Crippen LogP contribution is 2.41. The van der Waals surface area contributed by atoms with Gasteiger partial charge >= 0.3 is 7.12 Å². The second-order valence-corrected chi connectivity index (χ2v) is 23.2. The molecule has 7 aromatic carbocycles. The van der Waals surface area contributed by atoms with E-state index >= 15 is 0 Å². The minimum Gasteiger partial charge on any atom is -0.399 e. The Bertz CT molecular complexity index is 2900. The van der Waals surface area contributed by atoms with Crippen molar-refractivity contribution in [3.63, 3.8) is 0 Å². The molecule has 0 atom stereocenters. The lowest BCUT2D eigenvalue weighted by atomic mass is 9.76. The number of rotatable bonds is 39. The van der Waals surface area contributed by atoms with Gasteiger partial charge in [0.2, 0.25) is 0 Å². The molecule has 8 rings (SSSR count). The molecule has 0 aromatic heterocycles. The number of hydrogen-bond donors (Lipinski definition) is 0. The Morgan fingerprint density at radius 1 is 0.231 bits per heavy atom. The maximum atomic E-state index is 6.94. The number of hydrogen-bond acceptors (Lipinski definition) is 18. The molecule has 0 radical (unpaired) electrons. The van der Waals surface area contributed by atoms with E-state index in [1.54, 1.807) is 56.9 Å². The average molecular weight is 1250 g/mol. The van der Waals surface area contributed by atoms with Crippen molar-refractivity contribution in [2.24, 2.45) is 0 Å². The fourth-order valence-corrected chi connectivity index (χ4v) is 10.7. The van der Waals surface area contributed by atoms with Crippen molar-refractivity contribution in [1.29, 1.82) is 0 Å². The SMILES string of the molecule is COCOCc1cc(COCOC)cc(-c2cc(-c3cc(COCOC)cc(COCOC)c3)cc(-c3cc(B4OC(C)(C)C(C)(C)O4)cc(-c4cc(-c5cc(COCOC)cc(COCOC)c5)cc(-c5cc(COCOC)cc(COCOC)c5)c4)c3)c2)c1. The van der Waals surface area contributed by atoms with E-state index in [1.165, 1.54) is 0 Å². The molecule has 0 spiro atoms. The van der Waals surface area contributed by atoms with Crippen molar-refractivity contribution in [2.75, 3.05) is 111 Å². The fourth-order valence-electron chi connectivity index (χ4n) is 10.7. The summed E-state index contributed by atoms with van der Waals surface area (Å²) in [6.45, 7) is 11.8. The van der Waals surface area contributed by atoms with Gasteiger partial charge in [0.25, 0.3) is 0 Å². The van der Waals surface area contributed by atoms with E-state index in [0.717, 1.165) is 117 Å². The Hall–Kier alpha value is -6.12. The number of benzene rings is 7. The van der Waals surface area contributed by atoms with E-state index in [4.69, 9.17) is 85.1 Å². The van der Waals surface area contributed by atoms with Gasteiger partial charge in [0.1, 0.15) is 54.3 Å². The molecule has 18 nitrogen and oxygen atoms in total. The molecule has 91 heavy (non-hydrogen) atoms. The van der Waals surface area contributed by atoms with Crippen molar-refractivity contribution in [1.82, 2.24) is 0 Å². The van der Waals surface area contributed by atoms with Gasteiger partial charge in [-0.3, -0.25) is 0 Å². The first-order valence-corrected chi connectivity index (χ1v) is 30.1. The first-order chi connectivity index (χ1) is 44.2. The summed E-state index contributed by atoms with van der Waals surface area (Å²) in [5.41, 5.74) is 18.3. The van der Waals surface area contributed by atoms with Crippen molar-refractivity contribution in [2.45, 2.75) is 91.8 Å². The Kier molecular flexibility index (Phi) is 27.8. The van der Waals surface area contributed by atoms with Crippen LogP contribution in [0.25, 0.3) is 66.8 Å². The van der Waals surface area contributed by atoms with Crippen LogP contribution in [0.2, 0.25) is 0 Å². The second kappa shape index (κ2) is 35.8. The van der Waals surface area contributed by atoms with E-state index < -0.39 is 18.3 Å². The number of ether oxygens (including phenoxy) is 16. The average Bonchev–Trinajstić information content (AvgIpc) is 1.81. The Morgan fingerprint density at radius 2 is 0.385 bits per heavy atom. The minimum absolute atomic E-state index is 0.133. The maximum absolute atomic E-state index is 6.94. The van der Waals surface area contributed by atoms with Crippen LogP contribution < -0.4 is 5.46 Å². The highest BCUT2D eigenvalue weighted by molar-refractivity contribution is 6.62. The maximum Gasteiger partial charge on any atom is 0.494 e. The van der Waals surface area contributed by atoms with E-state index in [2.05, 4.69) is 155 Å². The Morgan fingerprint density at radius 3 is 0.549 bits per heavy atom. The van der Waals surface area contributed by atoms with Gasteiger partial charge in [0.05, 0.1) is 64.1 Å². The third kappa shape index (κ3) is 20.7. The molecule has 1 saturated heterocycles. The minimum atomic E-state index is -0.734. The van der Waals surface area contributed by atoms with E-state index in [1.807, 2.05) is 0 Å². The second-order valence-electron chi connectivity index (χ2n) is 23.2. The normalized spacial score (nSPS) is 13.6. The van der Waals surface area contributed by atoms with Crippen LogP contribution in [-0.2, 0) is 138 Å². The van der Waals surface area contributed by atoms with Crippen molar-refractivity contribution in [3.8, 4) is 66.8 Å². The van der Waals surface area contributed by atoms with Crippen LogP contribution >= 0.6 is 0 Å². The van der Waals surface area contributed by atoms with Gasteiger partial charge in [-0.25, -0.2) is 0 Å². The molecule has 1 heterocycles. The molecule has 0 amide bonds. The quantitative estimate of drug-likeness (QED) is 0.0203. The van der Waals surface area contributed by atoms with Gasteiger partial charge in [-0.05, 0) is 235 Å². The molecule has 0 saturated carbocycles. The van der Waals surface area contributed by atoms with E-state index in [0.29, 0.717) is 52.9 Å². The summed E-state index contributed by atoms with van der Waals surface area (Å²) in [4.78, 5) is 0. The van der Waals surface area contributed by atoms with Crippen LogP contribution in [0.15, 0.2) is 127 Å². The van der Waals surface area contributed by atoms with Gasteiger partial charge in [-0.1, -0.05) is 36.4 Å². The van der Waals surface area contributed by atoms with Crippen molar-refractivity contribution < 1.29 is 85.1 Å². The van der Waals surface area contributed by atoms with Crippen LogP contribution in [0.4, 0.5) is 0 Å². The standard InChI is InChI=1S/C72H89BO18/c1-71(2)72(3,4)91-73(90-71)70-32-68(66-27-62(58-17-50(34-82-42-74-5)13-51(18-58)35-83-43-75-6)25-63(28-66)59-19-52(36-84-44-76-7)14-53(20-59)37-85-45-77-8)31-69(33-70)67-29-64(60-21-54(38-86-46-78-9)15-55(22-60)39-87-47-79-10)26-65(30-67)61-23-56(40-88-48-80-11)16-57(24-61)41-89-49-81-12/h13-33H,34-49H2,1-12H3. The smallest absolute Gasteiger partial charge is 0.399 e. The first-order valence-electron chi connectivity index (χ1n) is 30.1. The molecule has 0 N–H and O–H groups in total. The van der Waals surface area contributed by atoms with Gasteiger partial charge in [0.15, 0.2) is 0 Å². The lowest BCUT2D eigenvalue weighted by molar-refractivity contribution is -0.0408. The molecule has 0 bridgehead atoms. The molecule has 7 aromatic rings. The van der Waals surface area contributed by atoms with Crippen LogP contribution in [0, 0.1) is 0 Å². The van der Waals surface area contributed by atoms with E-state index in [9.17, 15) is 0 Å². The van der Waals surface area contributed by atoms with Crippen LogP contribution in [0.3, 0.4) is 0 Å². The molecule has 1 aliphatic heterocycles. The van der Waals surface area contributed by atoms with Crippen molar-refractivity contribution in [3.05, 3.63) is 172 Å². The highest BCUT2D eigenvalue weighted by atomic mass is 16.7. The summed E-state index contributed by atoms with van der Waals surface area (Å²) < 4.78 is 104. The lowest BCUT2D eigenvalue weighted by Gasteiger charge is -2.32. The molecule has 1 fully saturated rings. The predicted octanol–water partition coefficient (Wildman–Crippen LogP) is 13.0. The monoisotopic (exact) mass is 1250 g/mol. The summed E-state index contributed by atoms with van der Waals surface area (Å²) in [6, 6.07) is 45.5. The lowest BCUT2D eigenvalue weighted by Crippen LogP contribution is -2.41. The first kappa shape index (κ1) is 70.7. The van der Waals surface area contributed by atoms with E-state index in [-0.39, 0.29) is 54.3 Å². The van der Waals surface area contributed by atoms with Crippen molar-refractivity contribution >= 4 is 12.6 Å². The number of methoxy groups -OCH3 is 8. The summed E-state index contributed by atoms with van der Waals surface area (Å²) in [5, 5.41) is 0. The zero-order valence-electron chi connectivity index (χ0n) is 54.9. The fraction of sp³-hybridized carbons (Fsp3) is 0.417. The molecular formula is C72H89BO18. The summed E-state index contributed by atoms with van der Waals surface area (Å²) in [7, 11) is 12.2. The predicted molar refractivity (Wildman–Crippen MR) is 348 cm³/mol. The van der Waals surface area contributed by atoms with Gasteiger partial charge in [0, 0.05) is 56.9 Å². The summed E-state index contributed by atoms with van der Waals surface area (Å²) in [5.74, 6) is 0. The Balaban J connectivity index is 1.42. The van der Waals surface area contributed by atoms with Crippen LogP contribution in [0.1, 0.15) is 72.2 Å². The van der Waals surface area contributed by atoms with Gasteiger partial charge in [-0.2, -0.15) is 0 Å². The molecule has 19 heteroatoms. The van der Waals surface area contributed by atoms with Gasteiger partial charge < -0.3 is 85.1 Å². The molecule has 0 aliphatic carbocycles. The molecular weight excluding hydrogens is 1160 g/mol. The largest absolute Gasteiger partial charge is 0.494 e. The summed E-state index contributed by atoms with van der Waals surface area (Å²) >= 11 is 0. The third-order valence-electron chi connectivity index (χ3n) is 15.3. The van der Waals surface area contributed by atoms with Crippen LogP contribution in [0.5, 0.6) is 0 Å². The van der Waals surface area contributed by atoms with Crippen LogP contribution in [-0.4, -0.2) is 130 Å². The third-order valence-corrected chi connectivity index (χ3v) is 15.3. The zero-order chi connectivity index (χ0) is 64.6. The highest BCUT2D eigenvalue weighted by Gasteiger charge is 2.52. The summed E-state index contributed by atoms with van der Waals surface area (Å²) in [6.07, 6.45) is 0. The Labute approximate surface area is 537 Å². The molecule has 0 unspecified atom stereocenters. The molecule has 1 aliphatic rings. The van der Waals surface area contributed by atoms with Gasteiger partial charge in [-0.15, -0.1) is 0 Å². The topological polar surface area (TPSA) is 166 Å².